The molecule has 0 radical (unpaired) electrons. The summed E-state index contributed by atoms with van der Waals surface area (Å²) in [6.45, 7) is 1.21. The lowest BCUT2D eigenvalue weighted by Gasteiger charge is -2.33. The van der Waals surface area contributed by atoms with Gasteiger partial charge in [0.05, 0.1) is 7.11 Å². The van der Waals surface area contributed by atoms with Gasteiger partial charge in [0, 0.05) is 47.6 Å². The Labute approximate surface area is 208 Å². The van der Waals surface area contributed by atoms with E-state index in [1.807, 2.05) is 29.2 Å². The molecule has 0 bridgehead atoms. The van der Waals surface area contributed by atoms with Gasteiger partial charge >= 0.3 is 0 Å². The number of carbonyl (C=O) groups excluding carboxylic acids is 3. The maximum Gasteiger partial charge on any atom is 0.276 e. The molecular formula is C27H27N5O4. The predicted octanol–water partition coefficient (Wildman–Crippen LogP) is 3.88. The first-order chi connectivity index (χ1) is 17.5. The molecule has 2 N–H and O–H groups in total. The number of rotatable bonds is 5. The van der Waals surface area contributed by atoms with Crippen LogP contribution in [0.3, 0.4) is 0 Å². The molecule has 9 heteroatoms. The van der Waals surface area contributed by atoms with Crippen molar-refractivity contribution in [2.24, 2.45) is 0 Å². The molecule has 0 unspecified atom stereocenters. The molecule has 1 spiro atoms. The molecule has 36 heavy (non-hydrogen) atoms. The topological polar surface area (TPSA) is 108 Å². The van der Waals surface area contributed by atoms with Crippen molar-refractivity contribution in [2.45, 2.75) is 37.5 Å². The van der Waals surface area contributed by atoms with Gasteiger partial charge in [0.15, 0.2) is 5.69 Å². The lowest BCUT2D eigenvalue weighted by Crippen LogP contribution is -2.44. The Kier molecular flexibility index (Phi) is 5.28. The zero-order valence-corrected chi connectivity index (χ0v) is 20.0. The van der Waals surface area contributed by atoms with Crippen molar-refractivity contribution in [3.05, 3.63) is 65.5 Å². The van der Waals surface area contributed by atoms with E-state index in [0.717, 1.165) is 43.6 Å². The Bertz CT molecular complexity index is 1340. The minimum Gasteiger partial charge on any atom is -0.497 e. The molecule has 3 heterocycles. The van der Waals surface area contributed by atoms with Crippen LogP contribution in [0.1, 0.15) is 58.6 Å². The highest BCUT2D eigenvalue weighted by atomic mass is 16.5. The van der Waals surface area contributed by atoms with Gasteiger partial charge in [-0.15, -0.1) is 0 Å². The van der Waals surface area contributed by atoms with E-state index in [4.69, 9.17) is 4.74 Å². The Balaban J connectivity index is 1.25. The first-order valence-electron chi connectivity index (χ1n) is 12.3. The third-order valence-electron chi connectivity index (χ3n) is 7.43. The van der Waals surface area contributed by atoms with Crippen molar-refractivity contribution < 1.29 is 19.1 Å². The highest BCUT2D eigenvalue weighted by molar-refractivity contribution is 6.12. The summed E-state index contributed by atoms with van der Waals surface area (Å²) < 4.78 is 5.17. The number of methoxy groups -OCH3 is 1. The van der Waals surface area contributed by atoms with Gasteiger partial charge in [-0.05, 0) is 74.2 Å². The molecule has 0 atom stereocenters. The molecule has 1 aliphatic carbocycles. The molecule has 1 aromatic heterocycles. The van der Waals surface area contributed by atoms with E-state index in [0.29, 0.717) is 35.7 Å². The number of nitrogens with zero attached hydrogens (tertiary/aromatic N) is 3. The van der Waals surface area contributed by atoms with Crippen LogP contribution in [0.15, 0.2) is 48.5 Å². The fraction of sp³-hybridized carbons (Fsp3) is 0.333. The quantitative estimate of drug-likeness (QED) is 0.570. The van der Waals surface area contributed by atoms with Crippen LogP contribution in [0, 0.1) is 0 Å². The zero-order chi connectivity index (χ0) is 24.9. The van der Waals surface area contributed by atoms with E-state index in [1.165, 1.54) is 0 Å². The van der Waals surface area contributed by atoms with Crippen LogP contribution in [0.25, 0.3) is 0 Å². The molecule has 184 valence electrons. The van der Waals surface area contributed by atoms with E-state index < -0.39 is 0 Å². The number of nitrogens with one attached hydrogen (secondary N) is 2. The summed E-state index contributed by atoms with van der Waals surface area (Å²) in [5.41, 5.74) is 3.31. The van der Waals surface area contributed by atoms with Crippen LogP contribution >= 0.6 is 0 Å². The molecule has 2 aliphatic heterocycles. The molecule has 3 aromatic rings. The third-order valence-corrected chi connectivity index (χ3v) is 7.43. The molecule has 2 fully saturated rings. The first kappa shape index (κ1) is 22.3. The molecule has 6 rings (SSSR count). The first-order valence-corrected chi connectivity index (χ1v) is 12.3. The van der Waals surface area contributed by atoms with Crippen LogP contribution in [0.4, 0.5) is 17.1 Å². The van der Waals surface area contributed by atoms with Gasteiger partial charge in [0.2, 0.25) is 5.91 Å². The number of anilines is 3. The number of amides is 3. The number of aromatic nitrogens is 2. The summed E-state index contributed by atoms with van der Waals surface area (Å²) in [7, 11) is 1.59. The lowest BCUT2D eigenvalue weighted by atomic mass is 9.88. The average Bonchev–Trinajstić information content (AvgIpc) is 3.52. The van der Waals surface area contributed by atoms with Gasteiger partial charge in [-0.1, -0.05) is 0 Å². The van der Waals surface area contributed by atoms with Gasteiger partial charge in [-0.3, -0.25) is 19.5 Å². The highest BCUT2D eigenvalue weighted by Crippen LogP contribution is 2.53. The molecule has 3 aliphatic rings. The van der Waals surface area contributed by atoms with E-state index in [9.17, 15) is 14.4 Å². The number of ether oxygens (including phenoxy) is 1. The molecule has 1 saturated carbocycles. The van der Waals surface area contributed by atoms with Crippen molar-refractivity contribution in [3.8, 4) is 5.75 Å². The zero-order valence-electron chi connectivity index (χ0n) is 20.0. The number of fused-ring (bicyclic) bond motifs is 2. The van der Waals surface area contributed by atoms with Crippen LogP contribution in [-0.2, 0) is 10.2 Å². The van der Waals surface area contributed by atoms with Crippen molar-refractivity contribution in [2.75, 3.05) is 35.3 Å². The van der Waals surface area contributed by atoms with E-state index >= 15 is 0 Å². The van der Waals surface area contributed by atoms with E-state index in [-0.39, 0.29) is 28.8 Å². The summed E-state index contributed by atoms with van der Waals surface area (Å²) >= 11 is 0. The van der Waals surface area contributed by atoms with Gasteiger partial charge < -0.3 is 19.9 Å². The van der Waals surface area contributed by atoms with Crippen LogP contribution in [-0.4, -0.2) is 48.1 Å². The Morgan fingerprint density at radius 2 is 1.69 bits per heavy atom. The maximum atomic E-state index is 13.5. The minimum absolute atomic E-state index is 0.141. The average molecular weight is 486 g/mol. The largest absolute Gasteiger partial charge is 0.497 e. The third kappa shape index (κ3) is 3.71. The van der Waals surface area contributed by atoms with Crippen molar-refractivity contribution in [1.29, 1.82) is 0 Å². The van der Waals surface area contributed by atoms with Gasteiger partial charge in [0.1, 0.15) is 11.4 Å². The summed E-state index contributed by atoms with van der Waals surface area (Å²) in [5, 5.41) is 10.00. The Morgan fingerprint density at radius 1 is 1.00 bits per heavy atom. The molecule has 9 nitrogen and oxygen atoms in total. The normalized spacial score (nSPS) is 18.2. The maximum absolute atomic E-state index is 13.5. The van der Waals surface area contributed by atoms with Gasteiger partial charge in [-0.2, -0.15) is 5.10 Å². The van der Waals surface area contributed by atoms with Gasteiger partial charge in [0.25, 0.3) is 11.8 Å². The number of aromatic amines is 1. The monoisotopic (exact) mass is 485 g/mol. The van der Waals surface area contributed by atoms with Crippen LogP contribution in [0.2, 0.25) is 0 Å². The summed E-state index contributed by atoms with van der Waals surface area (Å²) in [6, 6.07) is 14.7. The Hall–Kier alpha value is -4.14. The number of benzene rings is 2. The smallest absolute Gasteiger partial charge is 0.276 e. The summed E-state index contributed by atoms with van der Waals surface area (Å²) in [6.07, 6.45) is 4.27. The fourth-order valence-corrected chi connectivity index (χ4v) is 5.29. The number of carbonyl (C=O) groups is 3. The second kappa shape index (κ2) is 8.51. The second-order valence-electron chi connectivity index (χ2n) is 9.70. The summed E-state index contributed by atoms with van der Waals surface area (Å²) in [4.78, 5) is 42.4. The van der Waals surface area contributed by atoms with E-state index in [2.05, 4.69) is 15.5 Å². The van der Waals surface area contributed by atoms with Gasteiger partial charge in [-0.25, -0.2) is 0 Å². The van der Waals surface area contributed by atoms with Crippen molar-refractivity contribution >= 4 is 34.8 Å². The number of H-pyrrole nitrogens is 1. The lowest BCUT2D eigenvalue weighted by molar-refractivity contribution is -0.119. The summed E-state index contributed by atoms with van der Waals surface area (Å²) in [5.74, 6) is 0.284. The molecule has 1 saturated heterocycles. The fourth-order valence-electron chi connectivity index (χ4n) is 5.29. The number of hydrogen-bond donors (Lipinski definition) is 2. The van der Waals surface area contributed by atoms with Crippen LogP contribution in [0.5, 0.6) is 5.75 Å². The highest BCUT2D eigenvalue weighted by Gasteiger charge is 2.55. The minimum atomic E-state index is -0.347. The predicted molar refractivity (Wildman–Crippen MR) is 135 cm³/mol. The SMILES string of the molecule is COc1ccc(NC(=O)c2n[nH]c3c2C2(CC2)CN(c2ccc(N4CCCCC4=O)cc2)C3=O)cc1. The standard InChI is InChI=1S/C27H27N5O4/c1-36-20-11-5-17(6-12-20)28-25(34)23-22-24(30-29-23)26(35)32(16-27(22)13-14-27)19-9-7-18(8-10-19)31-15-3-2-4-21(31)33/h5-12H,2-4,13-16H2,1H3,(H,28,34)(H,29,30). The molecular weight excluding hydrogens is 458 g/mol. The molecule has 2 aromatic carbocycles. The second-order valence-corrected chi connectivity index (χ2v) is 9.70. The van der Waals surface area contributed by atoms with Crippen molar-refractivity contribution in [3.63, 3.8) is 0 Å². The van der Waals surface area contributed by atoms with Crippen LogP contribution < -0.4 is 19.9 Å². The Morgan fingerprint density at radius 3 is 2.33 bits per heavy atom. The molecule has 3 amide bonds. The van der Waals surface area contributed by atoms with Crippen molar-refractivity contribution in [1.82, 2.24) is 10.2 Å². The van der Waals surface area contributed by atoms with E-state index in [1.54, 1.807) is 36.3 Å². The number of piperidine rings is 1. The number of hydrogen-bond acceptors (Lipinski definition) is 5.